The van der Waals surface area contributed by atoms with Gasteiger partial charge in [-0.3, -0.25) is 18.5 Å². The molecule has 0 bridgehead atoms. The predicted octanol–water partition coefficient (Wildman–Crippen LogP) is 7.72. The van der Waals surface area contributed by atoms with Gasteiger partial charge in [-0.1, -0.05) is 6.07 Å². The fraction of sp³-hybridized carbons (Fsp3) is 0.0571. The fourth-order valence-electron chi connectivity index (χ4n) is 5.49. The Hall–Kier alpha value is -6.16. The summed E-state index contributed by atoms with van der Waals surface area (Å²) in [6.45, 7) is 3.29. The Balaban J connectivity index is 1.30. The molecule has 6 aromatic carbocycles. The summed E-state index contributed by atoms with van der Waals surface area (Å²) in [5, 5.41) is 30.6. The van der Waals surface area contributed by atoms with Gasteiger partial charge in [-0.15, -0.1) is 5.11 Å². The molecule has 6 aromatic rings. The third-order valence-corrected chi connectivity index (χ3v) is 10.8. The van der Waals surface area contributed by atoms with Crippen LogP contribution >= 0.6 is 0 Å². The minimum atomic E-state index is -4.95. The first-order valence-corrected chi connectivity index (χ1v) is 19.9. The number of nitrogens with two attached hydrogens (primary N) is 1. The number of benzene rings is 6. The Kier molecular flexibility index (Phi) is 9.99. The van der Waals surface area contributed by atoms with Crippen LogP contribution < -0.4 is 11.1 Å². The summed E-state index contributed by atoms with van der Waals surface area (Å²) >= 11 is 0. The summed E-state index contributed by atoms with van der Waals surface area (Å²) in [4.78, 5) is 10.4. The molecule has 0 saturated carbocycles. The standard InChI is InChI=1S/C35H28N6O11S3/c1-18-12-30(19(2)11-29(18)39-38-25-8-5-21-14-26(53(44,45)46)17-31(28(21)16-25)54(47,48)49)40-41-33-32(55(50,51)52)15-22-13-24(9-10-27(22)34(33)42)37-35(43)20-3-6-23(36)7-4-20/h3-17,42H,36H2,1-2H3,(H,37,43)(H,44,45,46)(H,47,48,49)(H,50,51,52). The number of hydrogen-bond donors (Lipinski definition) is 6. The molecule has 0 aliphatic heterocycles. The van der Waals surface area contributed by atoms with Crippen LogP contribution in [0.5, 0.6) is 5.75 Å². The van der Waals surface area contributed by atoms with Gasteiger partial charge in [0.05, 0.1) is 22.0 Å². The van der Waals surface area contributed by atoms with Crippen LogP contribution in [0.1, 0.15) is 21.5 Å². The number of phenols is 1. The highest BCUT2D eigenvalue weighted by Gasteiger charge is 2.23. The van der Waals surface area contributed by atoms with E-state index in [1.165, 1.54) is 48.5 Å². The van der Waals surface area contributed by atoms with Crippen LogP contribution in [0.2, 0.25) is 0 Å². The first-order chi connectivity index (χ1) is 25.7. The second-order valence-corrected chi connectivity index (χ2v) is 16.4. The van der Waals surface area contributed by atoms with Gasteiger partial charge in [0, 0.05) is 27.7 Å². The van der Waals surface area contributed by atoms with E-state index in [9.17, 15) is 48.8 Å². The van der Waals surface area contributed by atoms with Gasteiger partial charge in [0.25, 0.3) is 36.3 Å². The maximum absolute atomic E-state index is 12.7. The van der Waals surface area contributed by atoms with Gasteiger partial charge in [0.2, 0.25) is 0 Å². The first kappa shape index (κ1) is 38.6. The second kappa shape index (κ2) is 14.2. The highest BCUT2D eigenvalue weighted by Crippen LogP contribution is 2.43. The van der Waals surface area contributed by atoms with E-state index in [1.807, 2.05) is 0 Å². The second-order valence-electron chi connectivity index (χ2n) is 12.2. The lowest BCUT2D eigenvalue weighted by molar-refractivity contribution is 0.102. The van der Waals surface area contributed by atoms with Crippen LogP contribution in [-0.2, 0) is 30.4 Å². The summed E-state index contributed by atoms with van der Waals surface area (Å²) in [7, 11) is -14.7. The van der Waals surface area contributed by atoms with Crippen molar-refractivity contribution in [1.29, 1.82) is 0 Å². The van der Waals surface area contributed by atoms with Crippen molar-refractivity contribution in [2.24, 2.45) is 20.5 Å². The molecule has 1 amide bonds. The average Bonchev–Trinajstić information content (AvgIpc) is 3.10. The number of carbonyl (C=O) groups is 1. The smallest absolute Gasteiger partial charge is 0.296 e. The Labute approximate surface area is 313 Å². The molecule has 0 saturated heterocycles. The van der Waals surface area contributed by atoms with Gasteiger partial charge in [-0.25, -0.2) is 0 Å². The number of aryl methyl sites for hydroxylation is 2. The Morgan fingerprint density at radius 2 is 1.24 bits per heavy atom. The van der Waals surface area contributed by atoms with E-state index in [0.717, 1.165) is 12.1 Å². The zero-order valence-corrected chi connectivity index (χ0v) is 30.8. The molecule has 0 unspecified atom stereocenters. The van der Waals surface area contributed by atoms with Crippen LogP contribution in [0.4, 0.5) is 34.1 Å². The van der Waals surface area contributed by atoms with Crippen molar-refractivity contribution in [3.63, 3.8) is 0 Å². The molecule has 20 heteroatoms. The molecule has 0 aliphatic rings. The summed E-state index contributed by atoms with van der Waals surface area (Å²) < 4.78 is 101. The minimum absolute atomic E-state index is 0.0710. The topological polar surface area (TPSA) is 288 Å². The van der Waals surface area contributed by atoms with E-state index in [1.54, 1.807) is 38.1 Å². The molecule has 0 fully saturated rings. The third kappa shape index (κ3) is 8.33. The van der Waals surface area contributed by atoms with E-state index >= 15 is 0 Å². The number of nitrogens with one attached hydrogen (secondary N) is 1. The molecule has 282 valence electrons. The molecule has 0 radical (unpaired) electrons. The van der Waals surface area contributed by atoms with E-state index in [2.05, 4.69) is 25.8 Å². The maximum Gasteiger partial charge on any atom is 0.296 e. The van der Waals surface area contributed by atoms with Gasteiger partial charge < -0.3 is 16.2 Å². The number of aromatic hydroxyl groups is 1. The molecule has 0 heterocycles. The van der Waals surface area contributed by atoms with Crippen molar-refractivity contribution in [2.45, 2.75) is 28.5 Å². The zero-order valence-electron chi connectivity index (χ0n) is 28.4. The molecule has 17 nitrogen and oxygen atoms in total. The molecule has 55 heavy (non-hydrogen) atoms. The van der Waals surface area contributed by atoms with E-state index in [4.69, 9.17) is 5.73 Å². The molecular formula is C35H28N6O11S3. The number of phenolic OH excluding ortho intramolecular Hbond substituents is 1. The molecule has 0 aliphatic carbocycles. The van der Waals surface area contributed by atoms with Crippen LogP contribution in [0.15, 0.2) is 126 Å². The third-order valence-electron chi connectivity index (χ3n) is 8.25. The SMILES string of the molecule is Cc1cc(N=Nc2c(S(=O)(=O)O)cc3cc(NC(=O)c4ccc(N)cc4)ccc3c2O)c(C)cc1N=Nc1ccc2cc(S(=O)(=O)O)cc(S(=O)(=O)O)c2c1. The quantitative estimate of drug-likeness (QED) is 0.0465. The van der Waals surface area contributed by atoms with Gasteiger partial charge in [0.1, 0.15) is 15.5 Å². The predicted molar refractivity (Wildman–Crippen MR) is 202 cm³/mol. The van der Waals surface area contributed by atoms with Gasteiger partial charge in [-0.05, 0) is 121 Å². The number of carbonyl (C=O) groups excluding carboxylic acids is 1. The zero-order chi connectivity index (χ0) is 40.0. The molecule has 0 aromatic heterocycles. The highest BCUT2D eigenvalue weighted by atomic mass is 32.2. The summed E-state index contributed by atoms with van der Waals surface area (Å²) in [5.74, 6) is -1.07. The monoisotopic (exact) mass is 804 g/mol. The Morgan fingerprint density at radius 1 is 0.618 bits per heavy atom. The summed E-state index contributed by atoms with van der Waals surface area (Å²) in [6.07, 6.45) is 0. The minimum Gasteiger partial charge on any atom is -0.505 e. The van der Waals surface area contributed by atoms with E-state index in [-0.39, 0.29) is 38.6 Å². The molecule has 6 rings (SSSR count). The lowest BCUT2D eigenvalue weighted by Crippen LogP contribution is -2.11. The van der Waals surface area contributed by atoms with Crippen molar-refractivity contribution in [3.8, 4) is 5.75 Å². The van der Waals surface area contributed by atoms with Crippen LogP contribution in [-0.4, -0.2) is 49.9 Å². The Bertz CT molecular complexity index is 2990. The summed E-state index contributed by atoms with van der Waals surface area (Å²) in [6, 6.07) is 20.3. The van der Waals surface area contributed by atoms with Gasteiger partial charge in [-0.2, -0.15) is 40.6 Å². The van der Waals surface area contributed by atoms with Gasteiger partial charge in [0.15, 0.2) is 5.75 Å². The summed E-state index contributed by atoms with van der Waals surface area (Å²) in [5.41, 5.74) is 7.86. The van der Waals surface area contributed by atoms with E-state index in [0.29, 0.717) is 34.1 Å². The maximum atomic E-state index is 12.7. The molecule has 0 spiro atoms. The van der Waals surface area contributed by atoms with Crippen LogP contribution in [0, 0.1) is 13.8 Å². The van der Waals surface area contributed by atoms with Crippen molar-refractivity contribution < 1.29 is 48.8 Å². The Morgan fingerprint density at radius 3 is 1.84 bits per heavy atom. The number of nitrogen functional groups attached to an aromatic ring is 1. The number of amides is 1. The lowest BCUT2D eigenvalue weighted by atomic mass is 10.1. The van der Waals surface area contributed by atoms with Crippen molar-refractivity contribution in [1.82, 2.24) is 0 Å². The molecular weight excluding hydrogens is 777 g/mol. The first-order valence-electron chi connectivity index (χ1n) is 15.6. The number of azo groups is 2. The average molecular weight is 805 g/mol. The molecule has 0 atom stereocenters. The largest absolute Gasteiger partial charge is 0.505 e. The number of rotatable bonds is 9. The highest BCUT2D eigenvalue weighted by molar-refractivity contribution is 7.87. The normalized spacial score (nSPS) is 12.6. The van der Waals surface area contributed by atoms with Crippen molar-refractivity contribution >= 4 is 91.9 Å². The van der Waals surface area contributed by atoms with E-state index < -0.39 is 62.4 Å². The number of anilines is 2. The number of nitrogens with zero attached hydrogens (tertiary/aromatic N) is 4. The number of fused-ring (bicyclic) bond motifs is 2. The van der Waals surface area contributed by atoms with Gasteiger partial charge >= 0.3 is 0 Å². The van der Waals surface area contributed by atoms with Crippen LogP contribution in [0.25, 0.3) is 21.5 Å². The van der Waals surface area contributed by atoms with Crippen LogP contribution in [0.3, 0.4) is 0 Å². The van der Waals surface area contributed by atoms with Crippen molar-refractivity contribution in [3.05, 3.63) is 108 Å². The molecule has 7 N–H and O–H groups in total. The fourth-order valence-corrected chi connectivity index (χ4v) is 7.49. The number of hydrogen-bond acceptors (Lipinski definition) is 13. The lowest BCUT2D eigenvalue weighted by Gasteiger charge is -2.11. The van der Waals surface area contributed by atoms with Crippen molar-refractivity contribution in [2.75, 3.05) is 11.1 Å².